The maximum absolute atomic E-state index is 12.4. The van der Waals surface area contributed by atoms with Crippen molar-refractivity contribution >= 4 is 34.9 Å². The van der Waals surface area contributed by atoms with Crippen LogP contribution in [0.1, 0.15) is 34.5 Å². The molecule has 3 N–H and O–H groups in total. The van der Waals surface area contributed by atoms with Crippen LogP contribution in [-0.2, 0) is 6.42 Å². The first-order valence-corrected chi connectivity index (χ1v) is 9.90. The summed E-state index contributed by atoms with van der Waals surface area (Å²) in [5.41, 5.74) is 4.59. The molecule has 5 nitrogen and oxygen atoms in total. The van der Waals surface area contributed by atoms with E-state index in [1.165, 1.54) is 5.56 Å². The van der Waals surface area contributed by atoms with E-state index in [9.17, 15) is 4.79 Å². The summed E-state index contributed by atoms with van der Waals surface area (Å²) in [7, 11) is 1.66. The number of fused-ring (bicyclic) bond motifs is 1. The second kappa shape index (κ2) is 9.72. The number of hydrogen-bond donors (Lipinski definition) is 3. The van der Waals surface area contributed by atoms with Crippen LogP contribution < -0.4 is 16.0 Å². The Balaban J connectivity index is 0.00000240. The molecule has 2 heterocycles. The Bertz CT molecular complexity index is 971. The molecular weight excluding hydrogens is 384 g/mol. The van der Waals surface area contributed by atoms with E-state index in [2.05, 4.69) is 40.2 Å². The minimum atomic E-state index is -0.109. The van der Waals surface area contributed by atoms with Crippen molar-refractivity contribution in [3.63, 3.8) is 0 Å². The highest BCUT2D eigenvalue weighted by Crippen LogP contribution is 2.28. The highest BCUT2D eigenvalue weighted by Gasteiger charge is 2.17. The molecule has 0 saturated carbocycles. The number of anilines is 1. The molecule has 1 amide bonds. The second-order valence-electron chi connectivity index (χ2n) is 7.27. The molecule has 0 atom stereocenters. The van der Waals surface area contributed by atoms with Gasteiger partial charge >= 0.3 is 0 Å². The maximum atomic E-state index is 12.4. The fourth-order valence-electron chi connectivity index (χ4n) is 3.79. The van der Waals surface area contributed by atoms with E-state index in [0.717, 1.165) is 54.6 Å². The minimum Gasteiger partial charge on any atom is -0.382 e. The summed E-state index contributed by atoms with van der Waals surface area (Å²) in [4.78, 5) is 17.3. The molecule has 1 fully saturated rings. The number of carbonyl (C=O) groups is 1. The summed E-state index contributed by atoms with van der Waals surface area (Å²) < 4.78 is 0. The molecule has 0 aliphatic carbocycles. The minimum absolute atomic E-state index is 0. The van der Waals surface area contributed by atoms with Crippen molar-refractivity contribution in [3.8, 4) is 0 Å². The number of halogens is 1. The molecule has 0 radical (unpaired) electrons. The summed E-state index contributed by atoms with van der Waals surface area (Å²) in [6.45, 7) is 2.07. The van der Waals surface area contributed by atoms with Gasteiger partial charge in [0.25, 0.3) is 5.91 Å². The molecule has 0 unspecified atom stereocenters. The zero-order chi connectivity index (χ0) is 19.3. The summed E-state index contributed by atoms with van der Waals surface area (Å²) >= 11 is 0. The van der Waals surface area contributed by atoms with Crippen LogP contribution in [0.15, 0.2) is 54.6 Å². The SMILES string of the molecule is CNC(=O)c1ccc(NC2CCNCC2)c2ccc(Cc3ccccc3)nc12.Cl. The highest BCUT2D eigenvalue weighted by atomic mass is 35.5. The third-order valence-corrected chi connectivity index (χ3v) is 5.31. The Hall–Kier alpha value is -2.63. The fraction of sp³-hybridized carbons (Fsp3) is 0.304. The van der Waals surface area contributed by atoms with Crippen LogP contribution in [0.25, 0.3) is 10.9 Å². The topological polar surface area (TPSA) is 66.1 Å². The number of carbonyl (C=O) groups excluding carboxylic acids is 1. The lowest BCUT2D eigenvalue weighted by molar-refractivity contribution is 0.0964. The van der Waals surface area contributed by atoms with E-state index in [0.29, 0.717) is 11.6 Å². The Morgan fingerprint density at radius 2 is 1.83 bits per heavy atom. The first-order chi connectivity index (χ1) is 13.7. The van der Waals surface area contributed by atoms with E-state index in [1.807, 2.05) is 30.3 Å². The zero-order valence-electron chi connectivity index (χ0n) is 16.6. The normalized spacial score (nSPS) is 14.2. The maximum Gasteiger partial charge on any atom is 0.253 e. The lowest BCUT2D eigenvalue weighted by atomic mass is 10.0. The molecule has 4 rings (SSSR count). The van der Waals surface area contributed by atoms with Gasteiger partial charge in [-0.1, -0.05) is 30.3 Å². The predicted molar refractivity (Wildman–Crippen MR) is 121 cm³/mol. The summed E-state index contributed by atoms with van der Waals surface area (Å²) in [6.07, 6.45) is 2.94. The van der Waals surface area contributed by atoms with Crippen LogP contribution in [0.4, 0.5) is 5.69 Å². The molecule has 1 aromatic heterocycles. The van der Waals surface area contributed by atoms with Crippen LogP contribution in [0.5, 0.6) is 0 Å². The summed E-state index contributed by atoms with van der Waals surface area (Å²) in [6, 6.07) is 18.8. The van der Waals surface area contributed by atoms with Crippen molar-refractivity contribution < 1.29 is 4.79 Å². The zero-order valence-corrected chi connectivity index (χ0v) is 17.4. The first kappa shape index (κ1) is 21.1. The van der Waals surface area contributed by atoms with Gasteiger partial charge in [-0.05, 0) is 55.8 Å². The Kier molecular flexibility index (Phi) is 7.07. The number of pyridine rings is 1. The number of nitrogens with one attached hydrogen (secondary N) is 3. The monoisotopic (exact) mass is 410 g/mol. The average Bonchev–Trinajstić information content (AvgIpc) is 2.75. The van der Waals surface area contributed by atoms with Gasteiger partial charge in [-0.2, -0.15) is 0 Å². The van der Waals surface area contributed by atoms with Gasteiger partial charge in [0.15, 0.2) is 0 Å². The predicted octanol–water partition coefficient (Wildman–Crippen LogP) is 3.77. The van der Waals surface area contributed by atoms with Crippen LogP contribution in [0.2, 0.25) is 0 Å². The molecule has 1 aliphatic heterocycles. The number of amides is 1. The molecule has 6 heteroatoms. The molecule has 1 saturated heterocycles. The third-order valence-electron chi connectivity index (χ3n) is 5.31. The van der Waals surface area contributed by atoms with Gasteiger partial charge < -0.3 is 16.0 Å². The molecule has 2 aromatic carbocycles. The van der Waals surface area contributed by atoms with Gasteiger partial charge in [0.1, 0.15) is 0 Å². The van der Waals surface area contributed by atoms with Crippen LogP contribution >= 0.6 is 12.4 Å². The van der Waals surface area contributed by atoms with Gasteiger partial charge in [-0.25, -0.2) is 0 Å². The quantitative estimate of drug-likeness (QED) is 0.599. The second-order valence-corrected chi connectivity index (χ2v) is 7.27. The van der Waals surface area contributed by atoms with E-state index < -0.39 is 0 Å². The van der Waals surface area contributed by atoms with Crippen LogP contribution in [0.3, 0.4) is 0 Å². The van der Waals surface area contributed by atoms with E-state index >= 15 is 0 Å². The number of benzene rings is 2. The number of nitrogens with zero attached hydrogens (tertiary/aromatic N) is 1. The van der Waals surface area contributed by atoms with Crippen molar-refractivity contribution in [2.24, 2.45) is 0 Å². The Morgan fingerprint density at radius 1 is 1.07 bits per heavy atom. The smallest absolute Gasteiger partial charge is 0.253 e. The van der Waals surface area contributed by atoms with Crippen molar-refractivity contribution in [1.29, 1.82) is 0 Å². The van der Waals surface area contributed by atoms with E-state index in [1.54, 1.807) is 7.05 Å². The van der Waals surface area contributed by atoms with E-state index in [4.69, 9.17) is 4.98 Å². The molecule has 0 bridgehead atoms. The standard InChI is InChI=1S/C23H26N4O.ClH/c1-24-23(28)20-9-10-21(26-17-11-13-25-14-12-17)19-8-7-18(27-22(19)20)15-16-5-3-2-4-6-16;/h2-10,17,25-26H,11-15H2,1H3,(H,24,28);1H. The Labute approximate surface area is 177 Å². The van der Waals surface area contributed by atoms with Gasteiger partial charge in [-0.3, -0.25) is 9.78 Å². The third kappa shape index (κ3) is 4.86. The van der Waals surface area contributed by atoms with Crippen LogP contribution in [0, 0.1) is 0 Å². The average molecular weight is 411 g/mol. The first-order valence-electron chi connectivity index (χ1n) is 9.90. The number of rotatable bonds is 5. The van der Waals surface area contributed by atoms with Crippen molar-refractivity contribution in [2.45, 2.75) is 25.3 Å². The van der Waals surface area contributed by atoms with Crippen molar-refractivity contribution in [3.05, 3.63) is 71.4 Å². The molecule has 1 aliphatic rings. The van der Waals surface area contributed by atoms with Gasteiger partial charge in [-0.15, -0.1) is 12.4 Å². The van der Waals surface area contributed by atoms with E-state index in [-0.39, 0.29) is 18.3 Å². The lowest BCUT2D eigenvalue weighted by Crippen LogP contribution is -2.35. The van der Waals surface area contributed by atoms with Crippen molar-refractivity contribution in [2.75, 3.05) is 25.5 Å². The largest absolute Gasteiger partial charge is 0.382 e. The van der Waals surface area contributed by atoms with Crippen molar-refractivity contribution in [1.82, 2.24) is 15.6 Å². The molecule has 29 heavy (non-hydrogen) atoms. The molecule has 0 spiro atoms. The summed E-state index contributed by atoms with van der Waals surface area (Å²) in [5.74, 6) is -0.109. The molecule has 152 valence electrons. The summed E-state index contributed by atoms with van der Waals surface area (Å²) in [5, 5.41) is 10.8. The molecular formula is C23H27ClN4O. The Morgan fingerprint density at radius 3 is 2.55 bits per heavy atom. The fourth-order valence-corrected chi connectivity index (χ4v) is 3.79. The number of aromatic nitrogens is 1. The lowest BCUT2D eigenvalue weighted by Gasteiger charge is -2.25. The molecule has 3 aromatic rings. The van der Waals surface area contributed by atoms with Gasteiger partial charge in [0.05, 0.1) is 11.1 Å². The highest BCUT2D eigenvalue weighted by molar-refractivity contribution is 6.08. The number of piperidine rings is 1. The van der Waals surface area contributed by atoms with Gasteiger partial charge in [0.2, 0.25) is 0 Å². The van der Waals surface area contributed by atoms with Crippen LogP contribution in [-0.4, -0.2) is 37.1 Å². The van der Waals surface area contributed by atoms with Gasteiger partial charge in [0, 0.05) is 36.3 Å². The number of hydrogen-bond acceptors (Lipinski definition) is 4.